The highest BCUT2D eigenvalue weighted by Crippen LogP contribution is 2.36. The lowest BCUT2D eigenvalue weighted by Gasteiger charge is -2.08. The largest absolute Gasteiger partial charge is 0.490 e. The van der Waals surface area contributed by atoms with Crippen molar-refractivity contribution in [3.05, 3.63) is 29.8 Å². The minimum absolute atomic E-state index is 0.256. The van der Waals surface area contributed by atoms with Crippen molar-refractivity contribution in [3.8, 4) is 5.75 Å². The van der Waals surface area contributed by atoms with Crippen molar-refractivity contribution in [1.29, 1.82) is 0 Å². The van der Waals surface area contributed by atoms with E-state index in [0.29, 0.717) is 6.42 Å². The maximum Gasteiger partial charge on any atom is 0.416 e. The van der Waals surface area contributed by atoms with Crippen LogP contribution in [-0.4, -0.2) is 17.2 Å². The fourth-order valence-electron chi connectivity index (χ4n) is 1.46. The van der Waals surface area contributed by atoms with Crippen LogP contribution >= 0.6 is 0 Å². The number of carboxylic acids is 1. The summed E-state index contributed by atoms with van der Waals surface area (Å²) >= 11 is 0. The molecule has 1 aromatic carbocycles. The summed E-state index contributed by atoms with van der Waals surface area (Å²) in [7, 11) is 0. The summed E-state index contributed by atoms with van der Waals surface area (Å²) in [6, 6.07) is 4.21. The first-order valence-corrected chi connectivity index (χ1v) is 4.94. The van der Waals surface area contributed by atoms with Crippen LogP contribution in [0.1, 0.15) is 12.0 Å². The van der Waals surface area contributed by atoms with Crippen molar-refractivity contribution in [3.63, 3.8) is 0 Å². The lowest BCUT2D eigenvalue weighted by molar-refractivity contribution is -0.139. The van der Waals surface area contributed by atoms with Crippen LogP contribution in [0.3, 0.4) is 0 Å². The molecule has 3 nitrogen and oxygen atoms in total. The maximum absolute atomic E-state index is 12.2. The van der Waals surface area contributed by atoms with Gasteiger partial charge in [0.15, 0.2) is 0 Å². The molecule has 1 N–H and O–H groups in total. The van der Waals surface area contributed by atoms with Gasteiger partial charge < -0.3 is 9.84 Å². The van der Waals surface area contributed by atoms with E-state index in [9.17, 15) is 18.0 Å². The molecule has 0 aromatic heterocycles. The normalized spacial score (nSPS) is 23.2. The number of alkyl halides is 3. The van der Waals surface area contributed by atoms with E-state index in [2.05, 4.69) is 0 Å². The van der Waals surface area contributed by atoms with Gasteiger partial charge in [0.25, 0.3) is 0 Å². The Kier molecular flexibility index (Phi) is 2.73. The quantitative estimate of drug-likeness (QED) is 0.891. The second-order valence-electron chi connectivity index (χ2n) is 3.86. The highest BCUT2D eigenvalue weighted by atomic mass is 19.4. The summed E-state index contributed by atoms with van der Waals surface area (Å²) in [4.78, 5) is 10.5. The molecule has 1 aliphatic carbocycles. The van der Waals surface area contributed by atoms with Gasteiger partial charge in [-0.2, -0.15) is 13.2 Å². The third kappa shape index (κ3) is 2.69. The number of benzene rings is 1. The molecule has 0 spiro atoms. The number of hydrogen-bond donors (Lipinski definition) is 1. The Morgan fingerprint density at radius 2 is 1.88 bits per heavy atom. The van der Waals surface area contributed by atoms with Crippen molar-refractivity contribution in [1.82, 2.24) is 0 Å². The van der Waals surface area contributed by atoms with Crippen LogP contribution in [0, 0.1) is 5.92 Å². The van der Waals surface area contributed by atoms with Gasteiger partial charge in [-0.15, -0.1) is 0 Å². The number of aliphatic carboxylic acids is 1. The van der Waals surface area contributed by atoms with Gasteiger partial charge in [0.1, 0.15) is 11.9 Å². The first-order chi connectivity index (χ1) is 7.88. The minimum atomic E-state index is -4.37. The summed E-state index contributed by atoms with van der Waals surface area (Å²) in [5, 5.41) is 8.62. The van der Waals surface area contributed by atoms with Crippen LogP contribution in [0.4, 0.5) is 13.2 Å². The number of hydrogen-bond acceptors (Lipinski definition) is 2. The Hall–Kier alpha value is -1.72. The summed E-state index contributed by atoms with van der Waals surface area (Å²) in [6.07, 6.45) is -4.40. The molecule has 2 rings (SSSR count). The van der Waals surface area contributed by atoms with Gasteiger partial charge in [-0.1, -0.05) is 0 Å². The Bertz CT molecular complexity index is 425. The Labute approximate surface area is 94.8 Å². The van der Waals surface area contributed by atoms with Gasteiger partial charge in [-0.3, -0.25) is 4.79 Å². The number of ether oxygens (including phenoxy) is 1. The lowest BCUT2D eigenvalue weighted by Crippen LogP contribution is -2.08. The van der Waals surface area contributed by atoms with Crippen LogP contribution in [0.5, 0.6) is 5.75 Å². The van der Waals surface area contributed by atoms with E-state index in [1.165, 1.54) is 12.1 Å². The molecule has 2 atom stereocenters. The molecule has 0 amide bonds. The van der Waals surface area contributed by atoms with Crippen molar-refractivity contribution >= 4 is 5.97 Å². The topological polar surface area (TPSA) is 46.5 Å². The monoisotopic (exact) mass is 246 g/mol. The molecule has 0 radical (unpaired) electrons. The minimum Gasteiger partial charge on any atom is -0.490 e. The van der Waals surface area contributed by atoms with Crippen LogP contribution in [-0.2, 0) is 11.0 Å². The van der Waals surface area contributed by atoms with E-state index in [4.69, 9.17) is 9.84 Å². The van der Waals surface area contributed by atoms with E-state index < -0.39 is 29.7 Å². The predicted molar refractivity (Wildman–Crippen MR) is 51.6 cm³/mol. The molecule has 6 heteroatoms. The van der Waals surface area contributed by atoms with Gasteiger partial charge in [0, 0.05) is 6.42 Å². The number of carbonyl (C=O) groups is 1. The molecule has 2 unspecified atom stereocenters. The Balaban J connectivity index is 1.98. The van der Waals surface area contributed by atoms with Crippen molar-refractivity contribution in [2.45, 2.75) is 18.7 Å². The molecule has 0 heterocycles. The van der Waals surface area contributed by atoms with Gasteiger partial charge in [0.2, 0.25) is 0 Å². The van der Waals surface area contributed by atoms with Crippen molar-refractivity contribution < 1.29 is 27.8 Å². The SMILES string of the molecule is O=C(O)C1CC1Oc1ccc(C(F)(F)F)cc1. The summed E-state index contributed by atoms with van der Waals surface area (Å²) in [6.45, 7) is 0. The molecule has 1 aromatic rings. The van der Waals surface area contributed by atoms with E-state index >= 15 is 0 Å². The zero-order chi connectivity index (χ0) is 12.6. The van der Waals surface area contributed by atoms with Crippen LogP contribution in [0.15, 0.2) is 24.3 Å². The smallest absolute Gasteiger partial charge is 0.416 e. The van der Waals surface area contributed by atoms with Gasteiger partial charge in [-0.05, 0) is 24.3 Å². The molecule has 0 saturated heterocycles. The summed E-state index contributed by atoms with van der Waals surface area (Å²) in [5.41, 5.74) is -0.754. The molecule has 1 aliphatic rings. The fourth-order valence-corrected chi connectivity index (χ4v) is 1.46. The van der Waals surface area contributed by atoms with Crippen molar-refractivity contribution in [2.24, 2.45) is 5.92 Å². The predicted octanol–water partition coefficient (Wildman–Crippen LogP) is 2.56. The van der Waals surface area contributed by atoms with Gasteiger partial charge in [-0.25, -0.2) is 0 Å². The molecule has 0 bridgehead atoms. The van der Waals surface area contributed by atoms with Gasteiger partial charge in [0.05, 0.1) is 11.5 Å². The fraction of sp³-hybridized carbons (Fsp3) is 0.364. The average molecular weight is 246 g/mol. The zero-order valence-electron chi connectivity index (χ0n) is 8.57. The highest BCUT2D eigenvalue weighted by molar-refractivity contribution is 5.74. The molecule has 17 heavy (non-hydrogen) atoms. The summed E-state index contributed by atoms with van der Waals surface area (Å²) < 4.78 is 42.0. The molecular formula is C11H9F3O3. The molecule has 1 fully saturated rings. The third-order valence-corrected chi connectivity index (χ3v) is 2.52. The number of carboxylic acid groups (broad SMARTS) is 1. The molecular weight excluding hydrogens is 237 g/mol. The van der Waals surface area contributed by atoms with Crippen LogP contribution in [0.25, 0.3) is 0 Å². The third-order valence-electron chi connectivity index (χ3n) is 2.52. The second-order valence-corrected chi connectivity index (χ2v) is 3.86. The molecule has 1 saturated carbocycles. The zero-order valence-corrected chi connectivity index (χ0v) is 8.57. The molecule has 0 aliphatic heterocycles. The summed E-state index contributed by atoms with van der Waals surface area (Å²) in [5.74, 6) is -1.23. The van der Waals surface area contributed by atoms with E-state index in [-0.39, 0.29) is 5.75 Å². The van der Waals surface area contributed by atoms with E-state index in [0.717, 1.165) is 12.1 Å². The standard InChI is InChI=1S/C11H9F3O3/c12-11(13,14)6-1-3-7(4-2-6)17-9-5-8(9)10(15)16/h1-4,8-9H,5H2,(H,15,16). The molecule has 92 valence electrons. The first-order valence-electron chi connectivity index (χ1n) is 4.94. The number of rotatable bonds is 3. The Morgan fingerprint density at radius 3 is 2.29 bits per heavy atom. The number of halogens is 3. The first kappa shape index (κ1) is 11.8. The second kappa shape index (κ2) is 3.94. The van der Waals surface area contributed by atoms with E-state index in [1.807, 2.05) is 0 Å². The Morgan fingerprint density at radius 1 is 1.29 bits per heavy atom. The van der Waals surface area contributed by atoms with Crippen molar-refractivity contribution in [2.75, 3.05) is 0 Å². The maximum atomic E-state index is 12.2. The van der Waals surface area contributed by atoms with Crippen LogP contribution in [0.2, 0.25) is 0 Å². The van der Waals surface area contributed by atoms with Crippen LogP contribution < -0.4 is 4.74 Å². The average Bonchev–Trinajstić information content (AvgIpc) is 2.96. The van der Waals surface area contributed by atoms with Gasteiger partial charge >= 0.3 is 12.1 Å². The van der Waals surface area contributed by atoms with E-state index in [1.54, 1.807) is 0 Å². The lowest BCUT2D eigenvalue weighted by atomic mass is 10.2. The highest BCUT2D eigenvalue weighted by Gasteiger charge is 2.45.